The molecule has 0 fully saturated rings. The fourth-order valence-corrected chi connectivity index (χ4v) is 3.06. The highest BCUT2D eigenvalue weighted by Crippen LogP contribution is 2.26. The number of nitro benzene ring substituents is 1. The van der Waals surface area contributed by atoms with E-state index in [0.29, 0.717) is 10.7 Å². The Morgan fingerprint density at radius 1 is 1.22 bits per heavy atom. The maximum atomic E-state index is 12.1. The molecule has 0 atom stereocenters. The molecule has 2 aromatic carbocycles. The van der Waals surface area contributed by atoms with E-state index < -0.39 is 10.8 Å². The van der Waals surface area contributed by atoms with Gasteiger partial charge in [0.05, 0.1) is 23.3 Å². The molecule has 27 heavy (non-hydrogen) atoms. The van der Waals surface area contributed by atoms with Crippen LogP contribution in [0.3, 0.4) is 0 Å². The van der Waals surface area contributed by atoms with Crippen LogP contribution in [0.4, 0.5) is 10.8 Å². The number of benzene rings is 2. The highest BCUT2D eigenvalue weighted by Gasteiger charge is 2.10. The number of thiazole rings is 1. The SMILES string of the molecule is COc1ccc(-c2csc(NC(=O)/C=C/c3ccccc3[N+](=O)[O-])n2)cc1. The van der Waals surface area contributed by atoms with Gasteiger partial charge in [0.1, 0.15) is 5.75 Å². The summed E-state index contributed by atoms with van der Waals surface area (Å²) in [6.45, 7) is 0. The first kappa shape index (κ1) is 18.3. The van der Waals surface area contributed by atoms with Crippen molar-refractivity contribution < 1.29 is 14.5 Å². The van der Waals surface area contributed by atoms with Crippen LogP contribution in [-0.2, 0) is 4.79 Å². The fourth-order valence-electron chi connectivity index (χ4n) is 2.33. The average molecular weight is 381 g/mol. The van der Waals surface area contributed by atoms with Gasteiger partial charge in [-0.1, -0.05) is 12.1 Å². The number of hydrogen-bond acceptors (Lipinski definition) is 6. The van der Waals surface area contributed by atoms with E-state index in [1.807, 2.05) is 29.6 Å². The minimum atomic E-state index is -0.487. The van der Waals surface area contributed by atoms with Crippen LogP contribution in [0.1, 0.15) is 5.56 Å². The molecule has 0 saturated carbocycles. The third kappa shape index (κ3) is 4.56. The lowest BCUT2D eigenvalue weighted by Crippen LogP contribution is -2.07. The number of nitrogens with one attached hydrogen (secondary N) is 1. The largest absolute Gasteiger partial charge is 0.497 e. The van der Waals surface area contributed by atoms with Gasteiger partial charge in [0.2, 0.25) is 5.91 Å². The molecule has 0 saturated heterocycles. The number of nitrogens with zero attached hydrogens (tertiary/aromatic N) is 2. The Morgan fingerprint density at radius 3 is 2.67 bits per heavy atom. The van der Waals surface area contributed by atoms with Crippen LogP contribution in [0, 0.1) is 10.1 Å². The smallest absolute Gasteiger partial charge is 0.276 e. The molecule has 0 aliphatic rings. The van der Waals surface area contributed by atoms with E-state index >= 15 is 0 Å². The van der Waals surface area contributed by atoms with Crippen molar-refractivity contribution in [2.75, 3.05) is 12.4 Å². The second-order valence-electron chi connectivity index (χ2n) is 5.40. The molecule has 8 heteroatoms. The minimum Gasteiger partial charge on any atom is -0.497 e. The van der Waals surface area contributed by atoms with Gasteiger partial charge in [0.15, 0.2) is 5.13 Å². The minimum absolute atomic E-state index is 0.0578. The highest BCUT2D eigenvalue weighted by atomic mass is 32.1. The van der Waals surface area contributed by atoms with E-state index in [1.54, 1.807) is 25.3 Å². The molecule has 136 valence electrons. The number of rotatable bonds is 6. The normalized spacial score (nSPS) is 10.7. The number of anilines is 1. The van der Waals surface area contributed by atoms with Crippen molar-refractivity contribution in [3.05, 3.63) is 75.7 Å². The second-order valence-corrected chi connectivity index (χ2v) is 6.26. The number of carbonyl (C=O) groups excluding carboxylic acids is 1. The highest BCUT2D eigenvalue weighted by molar-refractivity contribution is 7.14. The Balaban J connectivity index is 1.68. The Kier molecular flexibility index (Phi) is 5.58. The van der Waals surface area contributed by atoms with Crippen molar-refractivity contribution in [1.29, 1.82) is 0 Å². The monoisotopic (exact) mass is 381 g/mol. The molecule has 3 rings (SSSR count). The van der Waals surface area contributed by atoms with Crippen molar-refractivity contribution in [3.63, 3.8) is 0 Å². The van der Waals surface area contributed by atoms with E-state index in [-0.39, 0.29) is 5.69 Å². The van der Waals surface area contributed by atoms with Crippen LogP contribution in [0.25, 0.3) is 17.3 Å². The Bertz CT molecular complexity index is 996. The zero-order valence-electron chi connectivity index (χ0n) is 14.3. The Labute approximate surface area is 159 Å². The molecule has 0 aliphatic carbocycles. The zero-order chi connectivity index (χ0) is 19.2. The van der Waals surface area contributed by atoms with Crippen LogP contribution < -0.4 is 10.1 Å². The Hall–Kier alpha value is -3.52. The standard InChI is InChI=1S/C19H15N3O4S/c1-26-15-9-6-13(7-10-15)16-12-27-19(20-16)21-18(23)11-8-14-4-2-3-5-17(14)22(24)25/h2-12H,1H3,(H,20,21,23)/b11-8+. The quantitative estimate of drug-likeness (QED) is 0.388. The topological polar surface area (TPSA) is 94.4 Å². The number of hydrogen-bond donors (Lipinski definition) is 1. The van der Waals surface area contributed by atoms with E-state index in [9.17, 15) is 14.9 Å². The summed E-state index contributed by atoms with van der Waals surface area (Å²) < 4.78 is 5.12. The molecular formula is C19H15N3O4S. The average Bonchev–Trinajstić information content (AvgIpc) is 3.15. The summed E-state index contributed by atoms with van der Waals surface area (Å²) >= 11 is 1.30. The number of para-hydroxylation sites is 1. The van der Waals surface area contributed by atoms with Crippen LogP contribution in [-0.4, -0.2) is 22.9 Å². The first-order chi connectivity index (χ1) is 13.1. The summed E-state index contributed by atoms with van der Waals surface area (Å²) in [6, 6.07) is 13.7. The summed E-state index contributed by atoms with van der Waals surface area (Å²) in [5, 5.41) is 15.9. The lowest BCUT2D eigenvalue weighted by molar-refractivity contribution is -0.385. The van der Waals surface area contributed by atoms with Gasteiger partial charge in [-0.05, 0) is 36.4 Å². The predicted octanol–water partition coefficient (Wildman–Crippen LogP) is 4.38. The van der Waals surface area contributed by atoms with E-state index in [0.717, 1.165) is 17.0 Å². The summed E-state index contributed by atoms with van der Waals surface area (Å²) in [6.07, 6.45) is 2.66. The molecular weight excluding hydrogens is 366 g/mol. The van der Waals surface area contributed by atoms with Crippen LogP contribution in [0.5, 0.6) is 5.75 Å². The number of amides is 1. The first-order valence-corrected chi connectivity index (χ1v) is 8.77. The molecule has 1 heterocycles. The lowest BCUT2D eigenvalue weighted by atomic mass is 10.1. The van der Waals surface area contributed by atoms with Crippen molar-refractivity contribution in [3.8, 4) is 17.0 Å². The van der Waals surface area contributed by atoms with E-state index in [1.165, 1.54) is 29.6 Å². The number of carbonyl (C=O) groups is 1. The molecule has 0 spiro atoms. The Morgan fingerprint density at radius 2 is 1.96 bits per heavy atom. The van der Waals surface area contributed by atoms with Crippen molar-refractivity contribution in [2.45, 2.75) is 0 Å². The first-order valence-electron chi connectivity index (χ1n) is 7.89. The lowest BCUT2D eigenvalue weighted by Gasteiger charge is -2.00. The molecule has 0 unspecified atom stereocenters. The molecule has 1 aromatic heterocycles. The van der Waals surface area contributed by atoms with Gasteiger partial charge in [-0.2, -0.15) is 0 Å². The van der Waals surface area contributed by atoms with Gasteiger partial charge < -0.3 is 4.74 Å². The van der Waals surface area contributed by atoms with Crippen molar-refractivity contribution in [2.24, 2.45) is 0 Å². The molecule has 0 aliphatic heterocycles. The number of aromatic nitrogens is 1. The molecule has 0 radical (unpaired) electrons. The molecule has 1 N–H and O–H groups in total. The fraction of sp³-hybridized carbons (Fsp3) is 0.0526. The van der Waals surface area contributed by atoms with E-state index in [2.05, 4.69) is 10.3 Å². The summed E-state index contributed by atoms with van der Waals surface area (Å²) in [7, 11) is 1.60. The van der Waals surface area contributed by atoms with Crippen molar-refractivity contribution in [1.82, 2.24) is 4.98 Å². The third-order valence-corrected chi connectivity index (χ3v) is 4.43. The maximum absolute atomic E-state index is 12.1. The predicted molar refractivity (Wildman–Crippen MR) is 105 cm³/mol. The van der Waals surface area contributed by atoms with Gasteiger partial charge in [-0.3, -0.25) is 20.2 Å². The number of ether oxygens (including phenoxy) is 1. The van der Waals surface area contributed by atoms with Gasteiger partial charge >= 0.3 is 0 Å². The number of nitro groups is 1. The van der Waals surface area contributed by atoms with Crippen molar-refractivity contribution >= 4 is 34.1 Å². The number of methoxy groups -OCH3 is 1. The molecule has 7 nitrogen and oxygen atoms in total. The maximum Gasteiger partial charge on any atom is 0.276 e. The van der Waals surface area contributed by atoms with Gasteiger partial charge in [0.25, 0.3) is 5.69 Å². The van der Waals surface area contributed by atoms with Crippen LogP contribution in [0.2, 0.25) is 0 Å². The molecule has 1 amide bonds. The van der Waals surface area contributed by atoms with Gasteiger partial charge in [-0.25, -0.2) is 4.98 Å². The van der Waals surface area contributed by atoms with Crippen LogP contribution >= 0.6 is 11.3 Å². The van der Waals surface area contributed by atoms with E-state index in [4.69, 9.17) is 4.74 Å². The second kappa shape index (κ2) is 8.24. The molecule has 0 bridgehead atoms. The zero-order valence-corrected chi connectivity index (χ0v) is 15.1. The summed E-state index contributed by atoms with van der Waals surface area (Å²) in [5.41, 5.74) is 1.94. The molecule has 3 aromatic rings. The van der Waals surface area contributed by atoms with Gasteiger partial charge in [-0.15, -0.1) is 11.3 Å². The third-order valence-electron chi connectivity index (χ3n) is 3.67. The summed E-state index contributed by atoms with van der Waals surface area (Å²) in [4.78, 5) is 27.0. The van der Waals surface area contributed by atoms with Crippen LogP contribution in [0.15, 0.2) is 60.0 Å². The summed E-state index contributed by atoms with van der Waals surface area (Å²) in [5.74, 6) is 0.339. The van der Waals surface area contributed by atoms with Gasteiger partial charge in [0, 0.05) is 23.1 Å².